The van der Waals surface area contributed by atoms with Gasteiger partial charge in [0.2, 0.25) is 0 Å². The van der Waals surface area contributed by atoms with E-state index in [4.69, 9.17) is 0 Å². The summed E-state index contributed by atoms with van der Waals surface area (Å²) in [5.41, 5.74) is 5.92. The molecule has 20 heavy (non-hydrogen) atoms. The number of aryl methyl sites for hydroxylation is 1. The van der Waals surface area contributed by atoms with Crippen LogP contribution >= 0.6 is 0 Å². The molecule has 0 radical (unpaired) electrons. The predicted molar refractivity (Wildman–Crippen MR) is 88.4 cm³/mol. The van der Waals surface area contributed by atoms with Crippen molar-refractivity contribution in [2.45, 2.75) is 52.4 Å². The third-order valence-corrected chi connectivity index (χ3v) is 4.36. The van der Waals surface area contributed by atoms with Gasteiger partial charge < -0.3 is 0 Å². The highest BCUT2D eigenvalue weighted by Crippen LogP contribution is 2.35. The molecule has 0 heteroatoms. The summed E-state index contributed by atoms with van der Waals surface area (Å²) in [7, 11) is 0. The summed E-state index contributed by atoms with van der Waals surface area (Å²) in [5, 5.41) is 0. The minimum Gasteiger partial charge on any atom is -0.0654 e. The number of hydrogen-bond donors (Lipinski definition) is 0. The quantitative estimate of drug-likeness (QED) is 0.654. The summed E-state index contributed by atoms with van der Waals surface area (Å²) in [6, 6.07) is 17.6. The van der Waals surface area contributed by atoms with E-state index in [1.807, 2.05) is 0 Å². The van der Waals surface area contributed by atoms with E-state index in [0.717, 1.165) is 0 Å². The Labute approximate surface area is 123 Å². The Morgan fingerprint density at radius 1 is 0.900 bits per heavy atom. The van der Waals surface area contributed by atoms with Crippen LogP contribution in [-0.2, 0) is 11.8 Å². The molecule has 0 atom stereocenters. The maximum Gasteiger partial charge on any atom is 0.0149 e. The lowest BCUT2D eigenvalue weighted by atomic mass is 9.74. The molecule has 0 fully saturated rings. The van der Waals surface area contributed by atoms with E-state index in [9.17, 15) is 0 Å². The van der Waals surface area contributed by atoms with Crippen molar-refractivity contribution in [3.8, 4) is 0 Å². The average molecular weight is 266 g/mol. The normalized spacial score (nSPS) is 11.6. The number of hydrogen-bond acceptors (Lipinski definition) is 0. The van der Waals surface area contributed by atoms with Crippen LogP contribution < -0.4 is 0 Å². The van der Waals surface area contributed by atoms with Crippen LogP contribution in [0.1, 0.15) is 55.9 Å². The predicted octanol–water partition coefficient (Wildman–Crippen LogP) is 5.66. The van der Waals surface area contributed by atoms with Gasteiger partial charge in [0, 0.05) is 5.41 Å². The molecule has 0 amide bonds. The molecule has 106 valence electrons. The van der Waals surface area contributed by atoms with Gasteiger partial charge >= 0.3 is 0 Å². The Hall–Kier alpha value is -1.56. The fraction of sp³-hybridized carbons (Fsp3) is 0.400. The highest BCUT2D eigenvalue weighted by atomic mass is 14.3. The zero-order chi connectivity index (χ0) is 14.6. The van der Waals surface area contributed by atoms with Gasteiger partial charge in [-0.05, 0) is 42.0 Å². The van der Waals surface area contributed by atoms with Crippen molar-refractivity contribution in [1.82, 2.24) is 0 Å². The number of rotatable bonds is 5. The Balaban J connectivity index is 2.48. The van der Waals surface area contributed by atoms with Crippen LogP contribution in [0.5, 0.6) is 0 Å². The molecule has 0 aliphatic carbocycles. The summed E-state index contributed by atoms with van der Waals surface area (Å²) in [4.78, 5) is 0. The Bertz CT molecular complexity index is 550. The van der Waals surface area contributed by atoms with E-state index in [0.29, 0.717) is 0 Å². The molecule has 0 N–H and O–H groups in total. The molecule has 0 unspecified atom stereocenters. The standard InChI is InChI=1S/C20H26/c1-5-6-14-18-16(2)11-10-15-19(18)20(3,4)17-12-8-7-9-13-17/h7-13,15H,5-6,14H2,1-4H3. The minimum atomic E-state index is 0.0658. The molecular formula is C20H26. The molecule has 0 saturated carbocycles. The maximum atomic E-state index is 2.34. The SMILES string of the molecule is CCCCc1c(C)cccc1C(C)(C)c1ccccc1. The van der Waals surface area contributed by atoms with Crippen LogP contribution in [0.25, 0.3) is 0 Å². The molecule has 0 spiro atoms. The van der Waals surface area contributed by atoms with Crippen molar-refractivity contribution in [2.75, 3.05) is 0 Å². The molecular weight excluding hydrogens is 240 g/mol. The van der Waals surface area contributed by atoms with Gasteiger partial charge in [-0.3, -0.25) is 0 Å². The summed E-state index contributed by atoms with van der Waals surface area (Å²) in [6.07, 6.45) is 3.71. The van der Waals surface area contributed by atoms with Crippen LogP contribution in [0, 0.1) is 6.92 Å². The topological polar surface area (TPSA) is 0 Å². The first-order valence-corrected chi connectivity index (χ1v) is 7.72. The molecule has 0 saturated heterocycles. The van der Waals surface area contributed by atoms with Gasteiger partial charge in [-0.1, -0.05) is 75.7 Å². The lowest BCUT2D eigenvalue weighted by molar-refractivity contribution is 0.625. The van der Waals surface area contributed by atoms with Gasteiger partial charge in [0.05, 0.1) is 0 Å². The van der Waals surface area contributed by atoms with E-state index in [1.165, 1.54) is 36.0 Å². The second-order valence-electron chi connectivity index (χ2n) is 6.20. The second-order valence-corrected chi connectivity index (χ2v) is 6.20. The molecule has 0 bridgehead atoms. The summed E-state index contributed by atoms with van der Waals surface area (Å²) in [5.74, 6) is 0. The largest absolute Gasteiger partial charge is 0.0654 e. The summed E-state index contributed by atoms with van der Waals surface area (Å²) in [6.45, 7) is 9.19. The Kier molecular flexibility index (Phi) is 4.65. The van der Waals surface area contributed by atoms with E-state index in [-0.39, 0.29) is 5.41 Å². The fourth-order valence-corrected chi connectivity index (χ4v) is 2.98. The van der Waals surface area contributed by atoms with E-state index in [1.54, 1.807) is 5.56 Å². The van der Waals surface area contributed by atoms with E-state index >= 15 is 0 Å². The molecule has 0 aromatic heterocycles. The Morgan fingerprint density at radius 2 is 1.60 bits per heavy atom. The monoisotopic (exact) mass is 266 g/mol. The molecule has 0 aliphatic rings. The maximum absolute atomic E-state index is 2.34. The molecule has 0 nitrogen and oxygen atoms in total. The fourth-order valence-electron chi connectivity index (χ4n) is 2.98. The highest BCUT2D eigenvalue weighted by molar-refractivity contribution is 5.45. The highest BCUT2D eigenvalue weighted by Gasteiger charge is 2.25. The van der Waals surface area contributed by atoms with Crippen LogP contribution in [-0.4, -0.2) is 0 Å². The van der Waals surface area contributed by atoms with Crippen molar-refractivity contribution in [3.05, 3.63) is 70.8 Å². The van der Waals surface area contributed by atoms with Gasteiger partial charge in [0.25, 0.3) is 0 Å². The summed E-state index contributed by atoms with van der Waals surface area (Å²) >= 11 is 0. The lowest BCUT2D eigenvalue weighted by Gasteiger charge is -2.29. The first kappa shape index (κ1) is 14.8. The van der Waals surface area contributed by atoms with Crippen molar-refractivity contribution in [3.63, 3.8) is 0 Å². The van der Waals surface area contributed by atoms with Crippen molar-refractivity contribution in [1.29, 1.82) is 0 Å². The van der Waals surface area contributed by atoms with Crippen LogP contribution in [0.3, 0.4) is 0 Å². The van der Waals surface area contributed by atoms with Crippen molar-refractivity contribution < 1.29 is 0 Å². The van der Waals surface area contributed by atoms with Gasteiger partial charge in [0.15, 0.2) is 0 Å². The molecule has 2 rings (SSSR count). The third kappa shape index (κ3) is 2.95. The second kappa shape index (κ2) is 6.26. The van der Waals surface area contributed by atoms with Crippen molar-refractivity contribution in [2.24, 2.45) is 0 Å². The van der Waals surface area contributed by atoms with E-state index in [2.05, 4.69) is 76.2 Å². The zero-order valence-corrected chi connectivity index (χ0v) is 13.2. The van der Waals surface area contributed by atoms with Crippen LogP contribution in [0.15, 0.2) is 48.5 Å². The molecule has 0 heterocycles. The molecule has 0 aliphatic heterocycles. The zero-order valence-electron chi connectivity index (χ0n) is 13.2. The number of unbranched alkanes of at least 4 members (excludes halogenated alkanes) is 1. The number of benzene rings is 2. The average Bonchev–Trinajstić information content (AvgIpc) is 2.46. The van der Waals surface area contributed by atoms with Crippen molar-refractivity contribution >= 4 is 0 Å². The van der Waals surface area contributed by atoms with Crippen LogP contribution in [0.4, 0.5) is 0 Å². The van der Waals surface area contributed by atoms with Gasteiger partial charge in [-0.25, -0.2) is 0 Å². The van der Waals surface area contributed by atoms with Gasteiger partial charge in [0.1, 0.15) is 0 Å². The smallest absolute Gasteiger partial charge is 0.0149 e. The van der Waals surface area contributed by atoms with Gasteiger partial charge in [-0.2, -0.15) is 0 Å². The van der Waals surface area contributed by atoms with Crippen LogP contribution in [0.2, 0.25) is 0 Å². The first-order chi connectivity index (χ1) is 9.57. The minimum absolute atomic E-state index is 0.0658. The lowest BCUT2D eigenvalue weighted by Crippen LogP contribution is -2.21. The molecule has 2 aromatic carbocycles. The molecule has 2 aromatic rings. The third-order valence-electron chi connectivity index (χ3n) is 4.36. The summed E-state index contributed by atoms with van der Waals surface area (Å²) < 4.78 is 0. The Morgan fingerprint density at radius 3 is 2.25 bits per heavy atom. The van der Waals surface area contributed by atoms with Gasteiger partial charge in [-0.15, -0.1) is 0 Å². The van der Waals surface area contributed by atoms with E-state index < -0.39 is 0 Å². The first-order valence-electron chi connectivity index (χ1n) is 7.72.